The molecule has 1 aromatic heterocycles. The van der Waals surface area contributed by atoms with Gasteiger partial charge in [0.15, 0.2) is 12.4 Å². The molecule has 8 nitrogen and oxygen atoms in total. The largest absolute Gasteiger partial charge is 0.512 e. The normalized spacial score (nSPS) is 11.3. The molecule has 5 N–H and O–H groups in total. The Morgan fingerprint density at radius 2 is 2.17 bits per heavy atom. The molecule has 0 aliphatic heterocycles. The number of hydrogen-bond acceptors (Lipinski definition) is 5. The molecule has 2 rings (SSSR count). The van der Waals surface area contributed by atoms with Gasteiger partial charge in [-0.05, 0) is 30.2 Å². The van der Waals surface area contributed by atoms with Crippen LogP contribution in [0.2, 0.25) is 0 Å². The van der Waals surface area contributed by atoms with Crippen molar-refractivity contribution in [1.29, 1.82) is 0 Å². The zero-order chi connectivity index (χ0) is 17.5. The lowest BCUT2D eigenvalue weighted by Crippen LogP contribution is -2.22. The molecule has 0 saturated carbocycles. The minimum atomic E-state index is -0.752. The fourth-order valence-electron chi connectivity index (χ4n) is 2.17. The number of carbonyl (C=O) groups excluding carboxylic acids is 2. The van der Waals surface area contributed by atoms with E-state index in [1.54, 1.807) is 12.1 Å². The van der Waals surface area contributed by atoms with E-state index in [1.165, 1.54) is 6.92 Å². The number of nitrogens with one attached hydrogen (secondary N) is 3. The molecule has 0 spiro atoms. The third-order valence-electron chi connectivity index (χ3n) is 3.28. The van der Waals surface area contributed by atoms with E-state index in [0.717, 1.165) is 16.5 Å². The van der Waals surface area contributed by atoms with Gasteiger partial charge in [0.25, 0.3) is 0 Å². The highest BCUT2D eigenvalue weighted by Gasteiger charge is 2.08. The molecule has 128 valence electrons. The second kappa shape index (κ2) is 7.91. The fraction of sp³-hybridized carbons (Fsp3) is 0.250. The van der Waals surface area contributed by atoms with Gasteiger partial charge in [-0.1, -0.05) is 0 Å². The first-order valence-corrected chi connectivity index (χ1v) is 7.30. The van der Waals surface area contributed by atoms with Gasteiger partial charge in [-0.15, -0.1) is 0 Å². The van der Waals surface area contributed by atoms with E-state index in [1.807, 2.05) is 12.3 Å². The van der Waals surface area contributed by atoms with Gasteiger partial charge in [-0.2, -0.15) is 0 Å². The summed E-state index contributed by atoms with van der Waals surface area (Å²) >= 11 is 0. The molecule has 1 heterocycles. The first-order valence-electron chi connectivity index (χ1n) is 7.30. The summed E-state index contributed by atoms with van der Waals surface area (Å²) in [6.07, 6.45) is 2.22. The highest BCUT2D eigenvalue weighted by molar-refractivity contribution is 5.91. The maximum absolute atomic E-state index is 11.6. The zero-order valence-corrected chi connectivity index (χ0v) is 13.1. The van der Waals surface area contributed by atoms with Crippen LogP contribution >= 0.6 is 0 Å². The summed E-state index contributed by atoms with van der Waals surface area (Å²) in [7, 11) is 0. The Kier molecular flexibility index (Phi) is 5.67. The van der Waals surface area contributed by atoms with Crippen LogP contribution in [0.25, 0.3) is 10.9 Å². The standard InChI is InChI=1S/C16H19N3O5/c1-10(21)17-5-4-11-7-18-15-3-2-12(6-14(11)15)19-16(23)24-9-13(22)8-20/h2-3,6-8,18,20,22H,4-5,9H2,1H3,(H,17,21)(H,19,23). The summed E-state index contributed by atoms with van der Waals surface area (Å²) in [6, 6.07) is 5.31. The van der Waals surface area contributed by atoms with E-state index in [0.29, 0.717) is 24.9 Å². The van der Waals surface area contributed by atoms with Crippen molar-refractivity contribution in [2.45, 2.75) is 13.3 Å². The van der Waals surface area contributed by atoms with Crippen molar-refractivity contribution in [3.63, 3.8) is 0 Å². The van der Waals surface area contributed by atoms with E-state index in [4.69, 9.17) is 14.9 Å². The number of hydrogen-bond donors (Lipinski definition) is 5. The minimum absolute atomic E-state index is 0.0832. The molecular formula is C16H19N3O5. The van der Waals surface area contributed by atoms with Crippen LogP contribution in [0.3, 0.4) is 0 Å². The topological polar surface area (TPSA) is 124 Å². The average molecular weight is 333 g/mol. The molecule has 0 aliphatic carbocycles. The Bertz CT molecular complexity index is 766. The fourth-order valence-corrected chi connectivity index (χ4v) is 2.17. The molecule has 0 radical (unpaired) electrons. The second-order valence-electron chi connectivity index (χ2n) is 5.13. The number of aromatic nitrogens is 1. The van der Waals surface area contributed by atoms with Crippen LogP contribution in [-0.4, -0.2) is 40.3 Å². The lowest BCUT2D eigenvalue weighted by atomic mass is 10.1. The molecule has 8 heteroatoms. The van der Waals surface area contributed by atoms with Gasteiger partial charge in [0.2, 0.25) is 5.91 Å². The number of anilines is 1. The summed E-state index contributed by atoms with van der Waals surface area (Å²) in [5.41, 5.74) is 2.45. The number of aliphatic hydroxyl groups is 2. The zero-order valence-electron chi connectivity index (χ0n) is 13.1. The highest BCUT2D eigenvalue weighted by atomic mass is 16.6. The van der Waals surface area contributed by atoms with Gasteiger partial charge in [0.05, 0.1) is 0 Å². The van der Waals surface area contributed by atoms with Crippen LogP contribution in [0.1, 0.15) is 12.5 Å². The molecule has 0 aliphatic rings. The molecule has 1 aromatic carbocycles. The van der Waals surface area contributed by atoms with Crippen molar-refractivity contribution < 1.29 is 24.5 Å². The molecule has 0 unspecified atom stereocenters. The van der Waals surface area contributed by atoms with Gasteiger partial charge in [0, 0.05) is 36.3 Å². The Morgan fingerprint density at radius 3 is 2.88 bits per heavy atom. The van der Waals surface area contributed by atoms with Gasteiger partial charge in [0.1, 0.15) is 6.26 Å². The molecular weight excluding hydrogens is 314 g/mol. The molecule has 24 heavy (non-hydrogen) atoms. The van der Waals surface area contributed by atoms with Crippen molar-refractivity contribution in [3.8, 4) is 0 Å². The van der Waals surface area contributed by atoms with Gasteiger partial charge >= 0.3 is 6.09 Å². The number of aliphatic hydroxyl groups excluding tert-OH is 2. The highest BCUT2D eigenvalue weighted by Crippen LogP contribution is 2.23. The van der Waals surface area contributed by atoms with Crippen molar-refractivity contribution >= 4 is 28.6 Å². The molecule has 2 amide bonds. The Labute approximate surface area is 138 Å². The number of amides is 2. The van der Waals surface area contributed by atoms with E-state index in [9.17, 15) is 9.59 Å². The van der Waals surface area contributed by atoms with Crippen LogP contribution in [0.15, 0.2) is 36.4 Å². The number of fused-ring (bicyclic) bond motifs is 1. The van der Waals surface area contributed by atoms with Crippen molar-refractivity contribution in [1.82, 2.24) is 10.3 Å². The van der Waals surface area contributed by atoms with Crippen LogP contribution in [0.5, 0.6) is 0 Å². The summed E-state index contributed by atoms with van der Waals surface area (Å²) in [4.78, 5) is 25.7. The van der Waals surface area contributed by atoms with E-state index in [-0.39, 0.29) is 5.91 Å². The molecule has 0 fully saturated rings. The number of rotatable bonds is 6. The monoisotopic (exact) mass is 333 g/mol. The maximum Gasteiger partial charge on any atom is 0.412 e. The second-order valence-corrected chi connectivity index (χ2v) is 5.13. The Hall–Kier alpha value is -3.16. The third-order valence-corrected chi connectivity index (χ3v) is 3.28. The number of carbonyl (C=O) groups is 2. The summed E-state index contributed by atoms with van der Waals surface area (Å²) in [5, 5.41) is 23.7. The SMILES string of the molecule is CC(=O)NCCc1c[nH]c2ccc(NC(=O)OCC(O)=CO)cc12. The number of ether oxygens (including phenoxy) is 1. The minimum Gasteiger partial charge on any atom is -0.512 e. The molecule has 0 saturated heterocycles. The lowest BCUT2D eigenvalue weighted by Gasteiger charge is -2.07. The van der Waals surface area contributed by atoms with Crippen molar-refractivity contribution in [2.24, 2.45) is 0 Å². The predicted molar refractivity (Wildman–Crippen MR) is 89.0 cm³/mol. The third kappa shape index (κ3) is 4.67. The summed E-state index contributed by atoms with van der Waals surface area (Å²) < 4.78 is 4.73. The summed E-state index contributed by atoms with van der Waals surface area (Å²) in [6.45, 7) is 1.57. The van der Waals surface area contributed by atoms with E-state index >= 15 is 0 Å². The molecule has 0 bridgehead atoms. The predicted octanol–water partition coefficient (Wildman–Crippen LogP) is 2.35. The van der Waals surface area contributed by atoms with Crippen molar-refractivity contribution in [2.75, 3.05) is 18.5 Å². The Morgan fingerprint density at radius 1 is 1.38 bits per heavy atom. The Balaban J connectivity index is 2.03. The first kappa shape index (κ1) is 17.2. The lowest BCUT2D eigenvalue weighted by molar-refractivity contribution is -0.118. The van der Waals surface area contributed by atoms with E-state index in [2.05, 4.69) is 15.6 Å². The van der Waals surface area contributed by atoms with Crippen LogP contribution < -0.4 is 10.6 Å². The number of H-pyrrole nitrogens is 1. The van der Waals surface area contributed by atoms with Crippen molar-refractivity contribution in [3.05, 3.63) is 42.0 Å². The van der Waals surface area contributed by atoms with Crippen LogP contribution in [0, 0.1) is 0 Å². The van der Waals surface area contributed by atoms with Gasteiger partial charge in [-0.25, -0.2) is 4.79 Å². The van der Waals surface area contributed by atoms with Crippen LogP contribution in [-0.2, 0) is 16.0 Å². The van der Waals surface area contributed by atoms with Gasteiger partial charge in [-0.3, -0.25) is 10.1 Å². The molecule has 2 aromatic rings. The number of benzene rings is 1. The average Bonchev–Trinajstić information content (AvgIpc) is 2.95. The summed E-state index contributed by atoms with van der Waals surface area (Å²) in [5.74, 6) is -0.536. The maximum atomic E-state index is 11.6. The first-order chi connectivity index (χ1) is 11.5. The number of aromatic amines is 1. The molecule has 0 atom stereocenters. The smallest absolute Gasteiger partial charge is 0.412 e. The van der Waals surface area contributed by atoms with Gasteiger partial charge < -0.3 is 25.3 Å². The quantitative estimate of drug-likeness (QED) is 0.519. The van der Waals surface area contributed by atoms with Crippen LogP contribution in [0.4, 0.5) is 10.5 Å². The van der Waals surface area contributed by atoms with E-state index < -0.39 is 18.5 Å².